The quantitative estimate of drug-likeness (QED) is 0.597. The lowest BCUT2D eigenvalue weighted by molar-refractivity contribution is -0.137. The van der Waals surface area contributed by atoms with Gasteiger partial charge < -0.3 is 5.32 Å². The smallest absolute Gasteiger partial charge is 0.347 e. The molecule has 8 heteroatoms. The summed E-state index contributed by atoms with van der Waals surface area (Å²) in [6.07, 6.45) is -2.97. The van der Waals surface area contributed by atoms with Crippen molar-refractivity contribution in [3.63, 3.8) is 0 Å². The Kier molecular flexibility index (Phi) is 6.32. The number of hydrogen-bond donors (Lipinski definition) is 1. The molecule has 2 aromatic carbocycles. The normalized spacial score (nSPS) is 12.6. The van der Waals surface area contributed by atoms with Crippen LogP contribution in [0.3, 0.4) is 0 Å². The zero-order chi connectivity index (χ0) is 21.0. The van der Waals surface area contributed by atoms with Crippen LogP contribution >= 0.6 is 11.3 Å². The van der Waals surface area contributed by atoms with Crippen molar-refractivity contribution in [3.8, 4) is 10.6 Å². The van der Waals surface area contributed by atoms with E-state index in [0.29, 0.717) is 22.0 Å². The van der Waals surface area contributed by atoms with Crippen molar-refractivity contribution in [3.05, 3.63) is 70.2 Å². The molecule has 0 radical (unpaired) electrons. The van der Waals surface area contributed by atoms with Crippen molar-refractivity contribution < 1.29 is 18.0 Å². The molecule has 1 atom stereocenters. The van der Waals surface area contributed by atoms with E-state index in [-0.39, 0.29) is 5.91 Å². The molecule has 4 nitrogen and oxygen atoms in total. The van der Waals surface area contributed by atoms with Gasteiger partial charge in [0.15, 0.2) is 0 Å². The van der Waals surface area contributed by atoms with E-state index in [9.17, 15) is 18.0 Å². The predicted molar refractivity (Wildman–Crippen MR) is 106 cm³/mol. The van der Waals surface area contributed by atoms with Gasteiger partial charge in [0.1, 0.15) is 10.0 Å². The number of nitrogens with zero attached hydrogens (tertiary/aromatic N) is 2. The fourth-order valence-corrected chi connectivity index (χ4v) is 3.80. The molecule has 3 aromatic rings. The van der Waals surface area contributed by atoms with E-state index in [2.05, 4.69) is 22.4 Å². The van der Waals surface area contributed by atoms with Crippen molar-refractivity contribution in [2.75, 3.05) is 0 Å². The summed E-state index contributed by atoms with van der Waals surface area (Å²) in [7, 11) is 0. The van der Waals surface area contributed by atoms with Gasteiger partial charge in [-0.2, -0.15) is 13.2 Å². The molecule has 0 saturated heterocycles. The zero-order valence-corrected chi connectivity index (χ0v) is 16.8. The minimum Gasteiger partial charge on any atom is -0.347 e. The molecule has 152 valence electrons. The van der Waals surface area contributed by atoms with Gasteiger partial charge >= 0.3 is 6.18 Å². The number of benzene rings is 2. The van der Waals surface area contributed by atoms with Crippen LogP contribution in [-0.2, 0) is 23.8 Å². The van der Waals surface area contributed by atoms with Gasteiger partial charge in [-0.1, -0.05) is 54.7 Å². The average molecular weight is 419 g/mol. The SMILES string of the molecule is CCc1ccc(CC(NC(C)=O)c2nnc(-c3cccc(C(F)(F)F)c3)s2)cc1. The van der Waals surface area contributed by atoms with E-state index >= 15 is 0 Å². The molecular formula is C21H20F3N3OS. The Morgan fingerprint density at radius 3 is 2.41 bits per heavy atom. The van der Waals surface area contributed by atoms with Gasteiger partial charge in [0.05, 0.1) is 11.6 Å². The standard InChI is InChI=1S/C21H20F3N3OS/c1-3-14-7-9-15(10-8-14)11-18(25-13(2)28)20-27-26-19(29-20)16-5-4-6-17(12-16)21(22,23)24/h4-10,12,18H,3,11H2,1-2H3,(H,25,28). The molecule has 0 spiro atoms. The molecule has 29 heavy (non-hydrogen) atoms. The third kappa shape index (κ3) is 5.41. The number of halogens is 3. The Labute approximate surface area is 170 Å². The maximum absolute atomic E-state index is 13.0. The number of aromatic nitrogens is 2. The van der Waals surface area contributed by atoms with Crippen LogP contribution in [0.1, 0.15) is 41.6 Å². The third-order valence-corrected chi connectivity index (χ3v) is 5.51. The van der Waals surface area contributed by atoms with Gasteiger partial charge in [0.25, 0.3) is 0 Å². The van der Waals surface area contributed by atoms with Crippen LogP contribution in [0, 0.1) is 0 Å². The van der Waals surface area contributed by atoms with E-state index in [1.807, 2.05) is 24.3 Å². The van der Waals surface area contributed by atoms with Gasteiger partial charge in [-0.05, 0) is 36.1 Å². The second-order valence-electron chi connectivity index (χ2n) is 6.65. The average Bonchev–Trinajstić information content (AvgIpc) is 3.17. The Morgan fingerprint density at radius 2 is 1.79 bits per heavy atom. The van der Waals surface area contributed by atoms with Gasteiger partial charge in [-0.3, -0.25) is 4.79 Å². The number of alkyl halides is 3. The molecule has 1 amide bonds. The van der Waals surface area contributed by atoms with Crippen molar-refractivity contribution in [2.45, 2.75) is 38.9 Å². The molecule has 1 heterocycles. The lowest BCUT2D eigenvalue weighted by atomic mass is 10.0. The fourth-order valence-electron chi connectivity index (χ4n) is 2.91. The van der Waals surface area contributed by atoms with Crippen molar-refractivity contribution in [1.82, 2.24) is 15.5 Å². The second-order valence-corrected chi connectivity index (χ2v) is 7.66. The van der Waals surface area contributed by atoms with Crippen LogP contribution in [0.25, 0.3) is 10.6 Å². The van der Waals surface area contributed by atoms with E-state index in [4.69, 9.17) is 0 Å². The van der Waals surface area contributed by atoms with E-state index in [1.54, 1.807) is 6.07 Å². The molecule has 0 fully saturated rings. The fraction of sp³-hybridized carbons (Fsp3) is 0.286. The number of nitrogens with one attached hydrogen (secondary N) is 1. The van der Waals surface area contributed by atoms with Crippen LogP contribution in [0.5, 0.6) is 0 Å². The van der Waals surface area contributed by atoms with Crippen LogP contribution in [-0.4, -0.2) is 16.1 Å². The molecule has 3 rings (SSSR count). The van der Waals surface area contributed by atoms with Crippen molar-refractivity contribution >= 4 is 17.2 Å². The highest BCUT2D eigenvalue weighted by Crippen LogP contribution is 2.34. The van der Waals surface area contributed by atoms with Gasteiger partial charge in [0.2, 0.25) is 5.91 Å². The highest BCUT2D eigenvalue weighted by atomic mass is 32.1. The first kappa shape index (κ1) is 21.0. The maximum atomic E-state index is 13.0. The highest BCUT2D eigenvalue weighted by molar-refractivity contribution is 7.14. The Hall–Kier alpha value is -2.74. The van der Waals surface area contributed by atoms with Crippen LogP contribution in [0.15, 0.2) is 48.5 Å². The third-order valence-electron chi connectivity index (χ3n) is 4.42. The summed E-state index contributed by atoms with van der Waals surface area (Å²) >= 11 is 1.18. The van der Waals surface area contributed by atoms with Crippen LogP contribution in [0.2, 0.25) is 0 Å². The van der Waals surface area contributed by atoms with Gasteiger partial charge in [0, 0.05) is 12.5 Å². The number of carbonyl (C=O) groups excluding carboxylic acids is 1. The van der Waals surface area contributed by atoms with Crippen molar-refractivity contribution in [2.24, 2.45) is 0 Å². The minimum absolute atomic E-state index is 0.212. The molecule has 1 N–H and O–H groups in total. The zero-order valence-electron chi connectivity index (χ0n) is 16.0. The van der Waals surface area contributed by atoms with E-state index < -0.39 is 17.8 Å². The Bertz CT molecular complexity index is 983. The minimum atomic E-state index is -4.42. The molecular weight excluding hydrogens is 399 g/mol. The predicted octanol–water partition coefficient (Wildman–Crippen LogP) is 5.21. The van der Waals surface area contributed by atoms with Gasteiger partial charge in [-0.15, -0.1) is 10.2 Å². The monoisotopic (exact) mass is 419 g/mol. The summed E-state index contributed by atoms with van der Waals surface area (Å²) in [5.74, 6) is -0.212. The summed E-state index contributed by atoms with van der Waals surface area (Å²) in [5.41, 5.74) is 1.85. The molecule has 0 aliphatic rings. The Balaban J connectivity index is 1.86. The lowest BCUT2D eigenvalue weighted by Gasteiger charge is -2.15. The molecule has 1 aromatic heterocycles. The summed E-state index contributed by atoms with van der Waals surface area (Å²) in [6.45, 7) is 3.49. The van der Waals surface area contributed by atoms with E-state index in [1.165, 1.54) is 29.9 Å². The Morgan fingerprint density at radius 1 is 1.10 bits per heavy atom. The first-order chi connectivity index (χ1) is 13.8. The number of aryl methyl sites for hydroxylation is 1. The second kappa shape index (κ2) is 8.73. The summed E-state index contributed by atoms with van der Waals surface area (Å²) in [4.78, 5) is 11.7. The molecule has 0 saturated carbocycles. The molecule has 0 bridgehead atoms. The topological polar surface area (TPSA) is 54.9 Å². The number of rotatable bonds is 6. The summed E-state index contributed by atoms with van der Waals surface area (Å²) in [6, 6.07) is 12.7. The number of amides is 1. The van der Waals surface area contributed by atoms with E-state index in [0.717, 1.165) is 24.1 Å². The lowest BCUT2D eigenvalue weighted by Crippen LogP contribution is -2.27. The van der Waals surface area contributed by atoms with Crippen LogP contribution in [0.4, 0.5) is 13.2 Å². The molecule has 1 unspecified atom stereocenters. The van der Waals surface area contributed by atoms with Gasteiger partial charge in [-0.25, -0.2) is 0 Å². The first-order valence-electron chi connectivity index (χ1n) is 9.12. The molecule has 0 aliphatic heterocycles. The summed E-state index contributed by atoms with van der Waals surface area (Å²) in [5, 5.41) is 12.0. The largest absolute Gasteiger partial charge is 0.416 e. The van der Waals surface area contributed by atoms with Crippen molar-refractivity contribution in [1.29, 1.82) is 0 Å². The molecule has 0 aliphatic carbocycles. The van der Waals surface area contributed by atoms with Crippen LogP contribution < -0.4 is 5.32 Å². The summed E-state index contributed by atoms with van der Waals surface area (Å²) < 4.78 is 38.9. The maximum Gasteiger partial charge on any atom is 0.416 e. The number of hydrogen-bond acceptors (Lipinski definition) is 4. The first-order valence-corrected chi connectivity index (χ1v) is 9.94. The highest BCUT2D eigenvalue weighted by Gasteiger charge is 2.30. The number of carbonyl (C=O) groups is 1.